The van der Waals surface area contributed by atoms with Gasteiger partial charge >= 0.3 is 0 Å². The van der Waals surface area contributed by atoms with Gasteiger partial charge in [0, 0.05) is 25.3 Å². The maximum absolute atomic E-state index is 6.05. The number of rotatable bonds is 4. The van der Waals surface area contributed by atoms with E-state index in [1.165, 1.54) is 19.5 Å². The van der Waals surface area contributed by atoms with Gasteiger partial charge in [-0.3, -0.25) is 0 Å². The van der Waals surface area contributed by atoms with Crippen LogP contribution in [-0.2, 0) is 0 Å². The lowest BCUT2D eigenvalue weighted by Crippen LogP contribution is -2.29. The van der Waals surface area contributed by atoms with Crippen molar-refractivity contribution in [3.8, 4) is 0 Å². The molecule has 0 radical (unpaired) electrons. The highest BCUT2D eigenvalue weighted by Gasteiger charge is 2.23. The Kier molecular flexibility index (Phi) is 4.24. The van der Waals surface area contributed by atoms with Gasteiger partial charge in [0.1, 0.15) is 5.82 Å². The van der Waals surface area contributed by atoms with E-state index in [4.69, 9.17) is 11.6 Å². The summed E-state index contributed by atoms with van der Waals surface area (Å²) >= 11 is 6.05. The minimum Gasteiger partial charge on any atom is -0.369 e. The summed E-state index contributed by atoms with van der Waals surface area (Å²) in [6, 6.07) is 4.37. The van der Waals surface area contributed by atoms with Crippen molar-refractivity contribution in [3.63, 3.8) is 0 Å². The third-order valence-electron chi connectivity index (χ3n) is 3.36. The van der Waals surface area contributed by atoms with Crippen LogP contribution in [0.25, 0.3) is 0 Å². The fourth-order valence-electron chi connectivity index (χ4n) is 2.26. The largest absolute Gasteiger partial charge is 0.369 e. The molecule has 0 aliphatic carbocycles. The second kappa shape index (κ2) is 5.69. The molecular formula is C13H20ClN3. The van der Waals surface area contributed by atoms with Crippen LogP contribution in [0.1, 0.15) is 20.3 Å². The first-order valence-electron chi connectivity index (χ1n) is 6.25. The topological polar surface area (TPSA) is 28.2 Å². The van der Waals surface area contributed by atoms with E-state index in [0.29, 0.717) is 17.0 Å². The minimum atomic E-state index is 0.651. The third kappa shape index (κ3) is 3.33. The highest BCUT2D eigenvalue weighted by molar-refractivity contribution is 6.32. The van der Waals surface area contributed by atoms with Crippen molar-refractivity contribution in [2.75, 3.05) is 25.0 Å². The lowest BCUT2D eigenvalue weighted by Gasteiger charge is -2.20. The van der Waals surface area contributed by atoms with E-state index in [9.17, 15) is 0 Å². The van der Waals surface area contributed by atoms with Gasteiger partial charge in [-0.25, -0.2) is 4.98 Å². The molecule has 0 spiro atoms. The maximum atomic E-state index is 6.05. The van der Waals surface area contributed by atoms with E-state index in [1.807, 2.05) is 12.1 Å². The van der Waals surface area contributed by atoms with Crippen molar-refractivity contribution in [1.29, 1.82) is 0 Å². The summed E-state index contributed by atoms with van der Waals surface area (Å²) in [5.74, 6) is 1.51. The molecule has 3 nitrogen and oxygen atoms in total. The van der Waals surface area contributed by atoms with E-state index in [2.05, 4.69) is 29.0 Å². The summed E-state index contributed by atoms with van der Waals surface area (Å²) < 4.78 is 0. The van der Waals surface area contributed by atoms with Crippen LogP contribution < -0.4 is 5.32 Å². The molecule has 1 fully saturated rings. The Hall–Kier alpha value is -0.800. The van der Waals surface area contributed by atoms with Gasteiger partial charge in [-0.05, 0) is 44.9 Å². The Balaban J connectivity index is 1.82. The Morgan fingerprint density at radius 1 is 1.59 bits per heavy atom. The van der Waals surface area contributed by atoms with Crippen LogP contribution in [0.3, 0.4) is 0 Å². The molecule has 2 rings (SSSR count). The second-order valence-electron chi connectivity index (χ2n) is 4.96. The van der Waals surface area contributed by atoms with Crippen LogP contribution in [0, 0.1) is 5.92 Å². The number of aromatic nitrogens is 1. The number of nitrogens with one attached hydrogen (secondary N) is 1. The van der Waals surface area contributed by atoms with Crippen molar-refractivity contribution in [2.45, 2.75) is 26.3 Å². The zero-order valence-corrected chi connectivity index (χ0v) is 11.2. The SMILES string of the molecule is CC(C)N1CCC(CNc2ncccc2Cl)C1. The molecule has 94 valence electrons. The van der Waals surface area contributed by atoms with E-state index in [0.717, 1.165) is 12.4 Å². The number of hydrogen-bond donors (Lipinski definition) is 1. The summed E-state index contributed by atoms with van der Waals surface area (Å²) in [4.78, 5) is 6.76. The molecule has 0 saturated carbocycles. The van der Waals surface area contributed by atoms with Crippen LogP contribution in [0.15, 0.2) is 18.3 Å². The normalized spacial score (nSPS) is 21.1. The first kappa shape index (κ1) is 12.7. The smallest absolute Gasteiger partial charge is 0.144 e. The van der Waals surface area contributed by atoms with Crippen LogP contribution >= 0.6 is 11.6 Å². The lowest BCUT2D eigenvalue weighted by molar-refractivity contribution is 0.266. The summed E-state index contributed by atoms with van der Waals surface area (Å²) in [5.41, 5.74) is 0. The predicted octanol–water partition coefficient (Wildman–Crippen LogP) is 2.88. The van der Waals surface area contributed by atoms with Gasteiger partial charge in [0.2, 0.25) is 0 Å². The molecule has 1 saturated heterocycles. The predicted molar refractivity (Wildman–Crippen MR) is 72.6 cm³/mol. The summed E-state index contributed by atoms with van der Waals surface area (Å²) in [5, 5.41) is 4.04. The first-order chi connectivity index (χ1) is 8.16. The van der Waals surface area contributed by atoms with Gasteiger partial charge in [-0.1, -0.05) is 11.6 Å². The summed E-state index contributed by atoms with van der Waals surface area (Å²) in [6.45, 7) is 7.85. The molecule has 1 aromatic heterocycles. The van der Waals surface area contributed by atoms with Gasteiger partial charge in [0.05, 0.1) is 5.02 Å². The summed E-state index contributed by atoms with van der Waals surface area (Å²) in [6.07, 6.45) is 3.03. The van der Waals surface area contributed by atoms with E-state index in [1.54, 1.807) is 6.20 Å². The highest BCUT2D eigenvalue weighted by Crippen LogP contribution is 2.21. The molecule has 0 aromatic carbocycles. The molecule has 1 aliphatic rings. The molecule has 1 atom stereocenters. The number of nitrogens with zero attached hydrogens (tertiary/aromatic N) is 2. The zero-order valence-electron chi connectivity index (χ0n) is 10.5. The molecule has 1 N–H and O–H groups in total. The highest BCUT2D eigenvalue weighted by atomic mass is 35.5. The monoisotopic (exact) mass is 253 g/mol. The van der Waals surface area contributed by atoms with Gasteiger partial charge in [-0.2, -0.15) is 0 Å². The van der Waals surface area contributed by atoms with Crippen molar-refractivity contribution in [2.24, 2.45) is 5.92 Å². The average Bonchev–Trinajstić information content (AvgIpc) is 2.77. The number of halogens is 1. The van der Waals surface area contributed by atoms with Crippen molar-refractivity contribution < 1.29 is 0 Å². The van der Waals surface area contributed by atoms with Crippen molar-refractivity contribution in [1.82, 2.24) is 9.88 Å². The van der Waals surface area contributed by atoms with E-state index >= 15 is 0 Å². The minimum absolute atomic E-state index is 0.651. The number of likely N-dealkylation sites (tertiary alicyclic amines) is 1. The standard InChI is InChI=1S/C13H20ClN3/c1-10(2)17-7-5-11(9-17)8-16-13-12(14)4-3-6-15-13/h3-4,6,10-11H,5,7-9H2,1-2H3,(H,15,16). The number of hydrogen-bond acceptors (Lipinski definition) is 3. The van der Waals surface area contributed by atoms with Gasteiger partial charge in [-0.15, -0.1) is 0 Å². The van der Waals surface area contributed by atoms with Crippen molar-refractivity contribution >= 4 is 17.4 Å². The van der Waals surface area contributed by atoms with Gasteiger partial charge in [0.15, 0.2) is 0 Å². The van der Waals surface area contributed by atoms with E-state index in [-0.39, 0.29) is 0 Å². The van der Waals surface area contributed by atoms with Crippen LogP contribution in [0.4, 0.5) is 5.82 Å². The molecular weight excluding hydrogens is 234 g/mol. The Labute approximate surface area is 108 Å². The zero-order chi connectivity index (χ0) is 12.3. The Morgan fingerprint density at radius 3 is 3.06 bits per heavy atom. The Morgan fingerprint density at radius 2 is 2.41 bits per heavy atom. The van der Waals surface area contributed by atoms with Crippen LogP contribution in [0.5, 0.6) is 0 Å². The number of anilines is 1. The van der Waals surface area contributed by atoms with E-state index < -0.39 is 0 Å². The fourth-order valence-corrected chi connectivity index (χ4v) is 2.44. The van der Waals surface area contributed by atoms with Crippen molar-refractivity contribution in [3.05, 3.63) is 23.4 Å². The molecule has 1 aliphatic heterocycles. The Bertz CT molecular complexity index is 367. The van der Waals surface area contributed by atoms with Gasteiger partial charge < -0.3 is 10.2 Å². The van der Waals surface area contributed by atoms with Crippen LogP contribution in [-0.4, -0.2) is 35.6 Å². The maximum Gasteiger partial charge on any atom is 0.144 e. The second-order valence-corrected chi connectivity index (χ2v) is 5.37. The lowest BCUT2D eigenvalue weighted by atomic mass is 10.1. The fraction of sp³-hybridized carbons (Fsp3) is 0.615. The number of pyridine rings is 1. The molecule has 17 heavy (non-hydrogen) atoms. The molecule has 1 aromatic rings. The average molecular weight is 254 g/mol. The molecule has 0 amide bonds. The quantitative estimate of drug-likeness (QED) is 0.895. The van der Waals surface area contributed by atoms with Crippen LogP contribution in [0.2, 0.25) is 5.02 Å². The molecule has 2 heterocycles. The van der Waals surface area contributed by atoms with Gasteiger partial charge in [0.25, 0.3) is 0 Å². The third-order valence-corrected chi connectivity index (χ3v) is 3.67. The molecule has 4 heteroatoms. The molecule has 1 unspecified atom stereocenters. The molecule has 0 bridgehead atoms. The summed E-state index contributed by atoms with van der Waals surface area (Å²) in [7, 11) is 0. The first-order valence-corrected chi connectivity index (χ1v) is 6.63.